The lowest BCUT2D eigenvalue weighted by Crippen LogP contribution is -2.15. The molecule has 0 unspecified atom stereocenters. The Balaban J connectivity index is 1.54. The van der Waals surface area contributed by atoms with Crippen LogP contribution in [0.1, 0.15) is 36.1 Å². The molecule has 3 N–H and O–H groups in total. The number of benzene rings is 2. The van der Waals surface area contributed by atoms with Crippen LogP contribution in [0.25, 0.3) is 11.4 Å². The number of hydrogen-bond acceptors (Lipinski definition) is 6. The van der Waals surface area contributed by atoms with E-state index in [0.717, 1.165) is 22.9 Å². The Kier molecular flexibility index (Phi) is 6.08. The number of aromatic nitrogens is 4. The van der Waals surface area contributed by atoms with Crippen LogP contribution in [-0.4, -0.2) is 32.5 Å². The highest BCUT2D eigenvalue weighted by Crippen LogP contribution is 2.26. The Bertz CT molecular complexity index is 1280. The zero-order valence-corrected chi connectivity index (χ0v) is 19.1. The summed E-state index contributed by atoms with van der Waals surface area (Å²) in [6, 6.07) is 16.6. The molecule has 8 nitrogen and oxygen atoms in total. The topological polar surface area (TPSA) is 102 Å². The highest BCUT2D eigenvalue weighted by Gasteiger charge is 2.15. The van der Waals surface area contributed by atoms with E-state index < -0.39 is 0 Å². The largest absolute Gasteiger partial charge is 0.397 e. The summed E-state index contributed by atoms with van der Waals surface area (Å²) in [5, 5.41) is 2.84. The molecule has 33 heavy (non-hydrogen) atoms. The van der Waals surface area contributed by atoms with Crippen molar-refractivity contribution in [3.05, 3.63) is 78.4 Å². The van der Waals surface area contributed by atoms with Crippen LogP contribution < -0.4 is 16.0 Å². The van der Waals surface area contributed by atoms with Gasteiger partial charge in [0.05, 0.1) is 29.0 Å². The molecule has 168 valence electrons. The molecule has 0 bridgehead atoms. The van der Waals surface area contributed by atoms with Crippen molar-refractivity contribution in [1.82, 2.24) is 19.5 Å². The maximum absolute atomic E-state index is 12.6. The number of para-hydroxylation sites is 2. The van der Waals surface area contributed by atoms with Crippen molar-refractivity contribution in [2.45, 2.75) is 26.8 Å². The summed E-state index contributed by atoms with van der Waals surface area (Å²) in [5.41, 5.74) is 10.2. The Morgan fingerprint density at radius 3 is 2.48 bits per heavy atom. The second-order valence-electron chi connectivity index (χ2n) is 8.04. The van der Waals surface area contributed by atoms with Crippen LogP contribution in [-0.2, 0) is 0 Å². The van der Waals surface area contributed by atoms with E-state index in [4.69, 9.17) is 10.7 Å². The quantitative estimate of drug-likeness (QED) is 0.416. The lowest BCUT2D eigenvalue weighted by atomic mass is 10.1. The number of nitrogens with two attached hydrogens (primary N) is 1. The molecule has 0 saturated carbocycles. The number of amides is 1. The number of hydrogen-bond donors (Lipinski definition) is 2. The van der Waals surface area contributed by atoms with Crippen molar-refractivity contribution in [3.63, 3.8) is 0 Å². The van der Waals surface area contributed by atoms with Crippen molar-refractivity contribution >= 4 is 28.9 Å². The SMILES string of the molecule is Cc1ncc(-c2ccnc(N(C)c3ccc(C(=O)Nc4ccccc4N)cc3)n2)n1C(C)C. The number of nitrogen functional groups attached to an aromatic ring is 1. The zero-order chi connectivity index (χ0) is 23.5. The van der Waals surface area contributed by atoms with Crippen molar-refractivity contribution in [1.29, 1.82) is 0 Å². The molecule has 0 aliphatic carbocycles. The first-order valence-corrected chi connectivity index (χ1v) is 10.7. The summed E-state index contributed by atoms with van der Waals surface area (Å²) >= 11 is 0. The van der Waals surface area contributed by atoms with Crippen LogP contribution >= 0.6 is 0 Å². The maximum atomic E-state index is 12.6. The van der Waals surface area contributed by atoms with E-state index >= 15 is 0 Å². The van der Waals surface area contributed by atoms with E-state index in [1.54, 1.807) is 30.5 Å². The molecule has 1 amide bonds. The zero-order valence-electron chi connectivity index (χ0n) is 19.1. The van der Waals surface area contributed by atoms with Crippen molar-refractivity contribution in [2.24, 2.45) is 0 Å². The number of carbonyl (C=O) groups is 1. The van der Waals surface area contributed by atoms with E-state index in [1.165, 1.54) is 0 Å². The maximum Gasteiger partial charge on any atom is 0.255 e. The molecular weight excluding hydrogens is 414 g/mol. The van der Waals surface area contributed by atoms with Gasteiger partial charge in [-0.05, 0) is 63.2 Å². The van der Waals surface area contributed by atoms with Crippen LogP contribution in [0.4, 0.5) is 23.0 Å². The number of nitrogens with one attached hydrogen (secondary N) is 1. The van der Waals surface area contributed by atoms with Gasteiger partial charge in [-0.25, -0.2) is 15.0 Å². The van der Waals surface area contributed by atoms with E-state index in [-0.39, 0.29) is 11.9 Å². The molecule has 2 heterocycles. The summed E-state index contributed by atoms with van der Waals surface area (Å²) in [7, 11) is 1.89. The Morgan fingerprint density at radius 2 is 1.79 bits per heavy atom. The molecule has 4 aromatic rings. The number of rotatable bonds is 6. The fraction of sp³-hybridized carbons (Fsp3) is 0.200. The summed E-state index contributed by atoms with van der Waals surface area (Å²) < 4.78 is 2.15. The van der Waals surface area contributed by atoms with Crippen LogP contribution in [0.2, 0.25) is 0 Å². The van der Waals surface area contributed by atoms with Gasteiger partial charge in [-0.1, -0.05) is 12.1 Å². The highest BCUT2D eigenvalue weighted by atomic mass is 16.1. The minimum absolute atomic E-state index is 0.224. The van der Waals surface area contributed by atoms with Gasteiger partial charge < -0.3 is 20.5 Å². The molecule has 0 fully saturated rings. The first-order valence-electron chi connectivity index (χ1n) is 10.7. The first kappa shape index (κ1) is 22.0. The van der Waals surface area contributed by atoms with Crippen molar-refractivity contribution in [2.75, 3.05) is 23.0 Å². The molecule has 4 rings (SSSR count). The Hall–Kier alpha value is -4.20. The third-order valence-corrected chi connectivity index (χ3v) is 5.43. The number of carbonyl (C=O) groups excluding carboxylic acids is 1. The fourth-order valence-corrected chi connectivity index (χ4v) is 3.70. The lowest BCUT2D eigenvalue weighted by Gasteiger charge is -2.19. The molecule has 2 aromatic heterocycles. The first-order chi connectivity index (χ1) is 15.8. The number of anilines is 4. The van der Waals surface area contributed by atoms with Crippen LogP contribution in [0, 0.1) is 6.92 Å². The van der Waals surface area contributed by atoms with Gasteiger partial charge in [-0.2, -0.15) is 0 Å². The van der Waals surface area contributed by atoms with E-state index in [2.05, 4.69) is 33.7 Å². The normalized spacial score (nSPS) is 10.9. The summed E-state index contributed by atoms with van der Waals surface area (Å²) in [4.78, 5) is 28.1. The molecule has 0 atom stereocenters. The number of imidazole rings is 1. The van der Waals surface area contributed by atoms with Crippen LogP contribution in [0.3, 0.4) is 0 Å². The summed E-state index contributed by atoms with van der Waals surface area (Å²) in [6.45, 7) is 6.23. The number of nitrogens with zero attached hydrogens (tertiary/aromatic N) is 5. The minimum atomic E-state index is -0.224. The molecule has 0 spiro atoms. The standard InChI is InChI=1S/C25H27N7O/c1-16(2)32-17(3)28-15-23(32)22-13-14-27-25(30-22)31(4)19-11-9-18(10-12-19)24(33)29-21-8-6-5-7-20(21)26/h5-16H,26H2,1-4H3,(H,29,33). The molecule has 0 saturated heterocycles. The average molecular weight is 442 g/mol. The summed E-state index contributed by atoms with van der Waals surface area (Å²) in [6.07, 6.45) is 3.58. The van der Waals surface area contributed by atoms with Gasteiger partial charge in [-0.15, -0.1) is 0 Å². The summed E-state index contributed by atoms with van der Waals surface area (Å²) in [5.74, 6) is 1.27. The smallest absolute Gasteiger partial charge is 0.255 e. The van der Waals surface area contributed by atoms with Crippen LogP contribution in [0.5, 0.6) is 0 Å². The predicted octanol–water partition coefficient (Wildman–Crippen LogP) is 4.83. The van der Waals surface area contributed by atoms with E-state index in [9.17, 15) is 4.79 Å². The van der Waals surface area contributed by atoms with E-state index in [0.29, 0.717) is 22.9 Å². The van der Waals surface area contributed by atoms with E-state index in [1.807, 2.05) is 55.4 Å². The fourth-order valence-electron chi connectivity index (χ4n) is 3.70. The van der Waals surface area contributed by atoms with Crippen LogP contribution in [0.15, 0.2) is 67.0 Å². The van der Waals surface area contributed by atoms with Gasteiger partial charge in [0.1, 0.15) is 5.82 Å². The van der Waals surface area contributed by atoms with Gasteiger partial charge in [0.15, 0.2) is 0 Å². The molecule has 0 aliphatic heterocycles. The van der Waals surface area contributed by atoms with Gasteiger partial charge in [0, 0.05) is 30.5 Å². The van der Waals surface area contributed by atoms with Gasteiger partial charge in [0.2, 0.25) is 5.95 Å². The van der Waals surface area contributed by atoms with Gasteiger partial charge in [-0.3, -0.25) is 4.79 Å². The molecule has 8 heteroatoms. The van der Waals surface area contributed by atoms with Crippen molar-refractivity contribution < 1.29 is 4.79 Å². The third-order valence-electron chi connectivity index (χ3n) is 5.43. The minimum Gasteiger partial charge on any atom is -0.397 e. The third kappa shape index (κ3) is 4.55. The average Bonchev–Trinajstić information content (AvgIpc) is 3.22. The predicted molar refractivity (Wildman–Crippen MR) is 132 cm³/mol. The Morgan fingerprint density at radius 1 is 1.06 bits per heavy atom. The number of aryl methyl sites for hydroxylation is 1. The second kappa shape index (κ2) is 9.12. The van der Waals surface area contributed by atoms with Crippen molar-refractivity contribution in [3.8, 4) is 11.4 Å². The van der Waals surface area contributed by atoms with Gasteiger partial charge >= 0.3 is 0 Å². The molecular formula is C25H27N7O. The van der Waals surface area contributed by atoms with Gasteiger partial charge in [0.25, 0.3) is 5.91 Å². The molecule has 0 aliphatic rings. The second-order valence-corrected chi connectivity index (χ2v) is 8.04. The monoisotopic (exact) mass is 441 g/mol. The Labute approximate surface area is 193 Å². The lowest BCUT2D eigenvalue weighted by molar-refractivity contribution is 0.102. The molecule has 2 aromatic carbocycles. The molecule has 0 radical (unpaired) electrons. The highest BCUT2D eigenvalue weighted by molar-refractivity contribution is 6.05.